The lowest BCUT2D eigenvalue weighted by Gasteiger charge is -2.30. The van der Waals surface area contributed by atoms with Gasteiger partial charge >= 0.3 is 0 Å². The van der Waals surface area contributed by atoms with Gasteiger partial charge in [-0.2, -0.15) is 0 Å². The van der Waals surface area contributed by atoms with Gasteiger partial charge in [-0.3, -0.25) is 0 Å². The standard InChI is InChI=1S/C15H23FN2O/c1-10-6-7-18(15(10)9-19)14-5-4-12(16)8-13(14)11(2)17-3/h4-5,8,10-11,15,17,19H,6-7,9H2,1-3H3. The molecule has 0 bridgehead atoms. The highest BCUT2D eigenvalue weighted by molar-refractivity contribution is 5.57. The summed E-state index contributed by atoms with van der Waals surface area (Å²) in [4.78, 5) is 2.22. The van der Waals surface area contributed by atoms with E-state index in [4.69, 9.17) is 0 Å². The first-order valence-corrected chi connectivity index (χ1v) is 6.92. The van der Waals surface area contributed by atoms with Crippen molar-refractivity contribution >= 4 is 5.69 Å². The van der Waals surface area contributed by atoms with E-state index in [1.165, 1.54) is 6.07 Å². The molecule has 1 aliphatic rings. The summed E-state index contributed by atoms with van der Waals surface area (Å²) in [5.74, 6) is 0.251. The number of benzene rings is 1. The van der Waals surface area contributed by atoms with E-state index in [0.29, 0.717) is 5.92 Å². The number of halogens is 1. The van der Waals surface area contributed by atoms with Crippen LogP contribution in [-0.4, -0.2) is 31.3 Å². The molecule has 1 aliphatic heterocycles. The molecular formula is C15H23FN2O. The van der Waals surface area contributed by atoms with Crippen molar-refractivity contribution in [1.29, 1.82) is 0 Å². The predicted molar refractivity (Wildman–Crippen MR) is 75.9 cm³/mol. The Kier molecular flexibility index (Phi) is 4.42. The zero-order valence-electron chi connectivity index (χ0n) is 11.9. The third-order valence-corrected chi connectivity index (χ3v) is 4.27. The first-order chi connectivity index (χ1) is 9.08. The Balaban J connectivity index is 2.38. The molecule has 0 radical (unpaired) electrons. The smallest absolute Gasteiger partial charge is 0.123 e. The van der Waals surface area contributed by atoms with Crippen molar-refractivity contribution in [3.8, 4) is 0 Å². The highest BCUT2D eigenvalue weighted by Gasteiger charge is 2.32. The van der Waals surface area contributed by atoms with Crippen molar-refractivity contribution in [1.82, 2.24) is 5.32 Å². The molecule has 3 nitrogen and oxygen atoms in total. The van der Waals surface area contributed by atoms with E-state index < -0.39 is 0 Å². The van der Waals surface area contributed by atoms with E-state index in [0.717, 1.165) is 24.2 Å². The molecular weight excluding hydrogens is 243 g/mol. The number of nitrogens with zero attached hydrogens (tertiary/aromatic N) is 1. The van der Waals surface area contributed by atoms with Crippen molar-refractivity contribution in [3.63, 3.8) is 0 Å². The van der Waals surface area contributed by atoms with E-state index in [2.05, 4.69) is 17.1 Å². The number of anilines is 1. The van der Waals surface area contributed by atoms with Crippen molar-refractivity contribution in [2.45, 2.75) is 32.4 Å². The van der Waals surface area contributed by atoms with E-state index >= 15 is 0 Å². The molecule has 1 aromatic rings. The second kappa shape index (κ2) is 5.88. The van der Waals surface area contributed by atoms with Gasteiger partial charge in [0.2, 0.25) is 0 Å². The molecule has 4 heteroatoms. The summed E-state index contributed by atoms with van der Waals surface area (Å²) in [6.07, 6.45) is 1.07. The lowest BCUT2D eigenvalue weighted by atomic mass is 10.0. The lowest BCUT2D eigenvalue weighted by Crippen LogP contribution is -2.36. The average molecular weight is 266 g/mol. The maximum atomic E-state index is 13.5. The number of aliphatic hydroxyl groups is 1. The van der Waals surface area contributed by atoms with Crippen LogP contribution in [0.4, 0.5) is 10.1 Å². The van der Waals surface area contributed by atoms with Crippen LogP contribution in [0.2, 0.25) is 0 Å². The Bertz CT molecular complexity index is 438. The summed E-state index contributed by atoms with van der Waals surface area (Å²) >= 11 is 0. The van der Waals surface area contributed by atoms with E-state index in [-0.39, 0.29) is 24.5 Å². The highest BCUT2D eigenvalue weighted by Crippen LogP contribution is 2.34. The van der Waals surface area contributed by atoms with E-state index in [9.17, 15) is 9.50 Å². The molecule has 0 amide bonds. The summed E-state index contributed by atoms with van der Waals surface area (Å²) in [6, 6.07) is 5.14. The largest absolute Gasteiger partial charge is 0.394 e. The molecule has 0 aliphatic carbocycles. The number of aliphatic hydroxyl groups excluding tert-OH is 1. The second-order valence-electron chi connectivity index (χ2n) is 5.42. The Morgan fingerprint density at radius 3 is 2.89 bits per heavy atom. The van der Waals surface area contributed by atoms with Gasteiger partial charge in [0.15, 0.2) is 0 Å². The third-order valence-electron chi connectivity index (χ3n) is 4.27. The molecule has 2 N–H and O–H groups in total. The molecule has 1 fully saturated rings. The van der Waals surface area contributed by atoms with Crippen LogP contribution in [0, 0.1) is 11.7 Å². The van der Waals surface area contributed by atoms with Gasteiger partial charge in [0.05, 0.1) is 12.6 Å². The molecule has 3 unspecified atom stereocenters. The van der Waals surface area contributed by atoms with Gasteiger partial charge in [0, 0.05) is 18.3 Å². The number of hydrogen-bond acceptors (Lipinski definition) is 3. The molecule has 1 aromatic carbocycles. The normalized spacial score (nSPS) is 24.8. The molecule has 0 aromatic heterocycles. The van der Waals surface area contributed by atoms with Gasteiger partial charge in [-0.15, -0.1) is 0 Å². The van der Waals surface area contributed by atoms with Crippen LogP contribution >= 0.6 is 0 Å². The number of hydrogen-bond donors (Lipinski definition) is 2. The van der Waals surface area contributed by atoms with Crippen LogP contribution in [0.5, 0.6) is 0 Å². The maximum Gasteiger partial charge on any atom is 0.123 e. The summed E-state index contributed by atoms with van der Waals surface area (Å²) < 4.78 is 13.5. The van der Waals surface area contributed by atoms with Gasteiger partial charge in [0.1, 0.15) is 5.82 Å². The topological polar surface area (TPSA) is 35.5 Å². The third kappa shape index (κ3) is 2.74. The zero-order valence-corrected chi connectivity index (χ0v) is 11.9. The van der Waals surface area contributed by atoms with Crippen molar-refractivity contribution in [2.75, 3.05) is 25.1 Å². The molecule has 19 heavy (non-hydrogen) atoms. The summed E-state index contributed by atoms with van der Waals surface area (Å²) in [6.45, 7) is 5.24. The van der Waals surface area contributed by atoms with Crippen LogP contribution in [0.25, 0.3) is 0 Å². The fourth-order valence-electron chi connectivity index (χ4n) is 2.87. The number of rotatable bonds is 4. The fourth-order valence-corrected chi connectivity index (χ4v) is 2.87. The van der Waals surface area contributed by atoms with Crippen molar-refractivity contribution in [2.24, 2.45) is 5.92 Å². The summed E-state index contributed by atoms with van der Waals surface area (Å²) in [5, 5.41) is 12.7. The van der Waals surface area contributed by atoms with Gasteiger partial charge in [-0.1, -0.05) is 6.92 Å². The SMILES string of the molecule is CNC(C)c1cc(F)ccc1N1CCC(C)C1CO. The van der Waals surface area contributed by atoms with E-state index in [1.54, 1.807) is 6.07 Å². The first-order valence-electron chi connectivity index (χ1n) is 6.92. The van der Waals surface area contributed by atoms with E-state index in [1.807, 2.05) is 20.0 Å². The van der Waals surface area contributed by atoms with Gasteiger partial charge in [-0.25, -0.2) is 4.39 Å². The second-order valence-corrected chi connectivity index (χ2v) is 5.42. The van der Waals surface area contributed by atoms with Crippen LogP contribution in [0.3, 0.4) is 0 Å². The van der Waals surface area contributed by atoms with Gasteiger partial charge < -0.3 is 15.3 Å². The maximum absolute atomic E-state index is 13.5. The molecule has 1 heterocycles. The Hall–Kier alpha value is -1.13. The van der Waals surface area contributed by atoms with Crippen LogP contribution in [0.15, 0.2) is 18.2 Å². The summed E-state index contributed by atoms with van der Waals surface area (Å²) in [7, 11) is 1.87. The quantitative estimate of drug-likeness (QED) is 0.878. The zero-order chi connectivity index (χ0) is 14.0. The molecule has 2 rings (SSSR count). The predicted octanol–water partition coefficient (Wildman–Crippen LogP) is 2.31. The average Bonchev–Trinajstić information content (AvgIpc) is 2.78. The Morgan fingerprint density at radius 2 is 2.26 bits per heavy atom. The molecule has 0 saturated carbocycles. The van der Waals surface area contributed by atoms with Gasteiger partial charge in [-0.05, 0) is 50.1 Å². The minimum atomic E-state index is -0.214. The highest BCUT2D eigenvalue weighted by atomic mass is 19.1. The van der Waals surface area contributed by atoms with Crippen molar-refractivity contribution in [3.05, 3.63) is 29.6 Å². The molecule has 1 saturated heterocycles. The molecule has 106 valence electrons. The monoisotopic (exact) mass is 266 g/mol. The van der Waals surface area contributed by atoms with Gasteiger partial charge in [0.25, 0.3) is 0 Å². The Labute approximate surface area is 114 Å². The van der Waals surface area contributed by atoms with Crippen LogP contribution in [-0.2, 0) is 0 Å². The molecule has 0 spiro atoms. The fraction of sp³-hybridized carbons (Fsp3) is 0.600. The molecule has 3 atom stereocenters. The van der Waals surface area contributed by atoms with Crippen LogP contribution < -0.4 is 10.2 Å². The van der Waals surface area contributed by atoms with Crippen LogP contribution in [0.1, 0.15) is 31.9 Å². The Morgan fingerprint density at radius 1 is 1.53 bits per heavy atom. The lowest BCUT2D eigenvalue weighted by molar-refractivity contribution is 0.244. The van der Waals surface area contributed by atoms with Crippen molar-refractivity contribution < 1.29 is 9.50 Å². The minimum absolute atomic E-state index is 0.0842. The number of nitrogens with one attached hydrogen (secondary N) is 1. The summed E-state index contributed by atoms with van der Waals surface area (Å²) in [5.41, 5.74) is 1.99. The minimum Gasteiger partial charge on any atom is -0.394 e. The first kappa shape index (κ1) is 14.3.